The van der Waals surface area contributed by atoms with E-state index in [9.17, 15) is 13.2 Å². The lowest BCUT2D eigenvalue weighted by atomic mass is 10.7. The van der Waals surface area contributed by atoms with Crippen molar-refractivity contribution >= 4 is 38.9 Å². The van der Waals surface area contributed by atoms with Gasteiger partial charge in [-0.25, -0.2) is 8.42 Å². The fourth-order valence-corrected chi connectivity index (χ4v) is 3.40. The molecule has 78 valence electrons. The molecule has 1 rings (SSSR count). The average molecular weight is 256 g/mol. The predicted octanol–water partition coefficient (Wildman–Crippen LogP) is 0.764. The molecule has 0 bridgehead atoms. The van der Waals surface area contributed by atoms with Crippen LogP contribution in [-0.2, 0) is 14.8 Å². The second kappa shape index (κ2) is 4.26. The number of carboxylic acid groups (broad SMARTS) is 1. The van der Waals surface area contributed by atoms with Crippen LogP contribution in [0.2, 0.25) is 5.02 Å². The van der Waals surface area contributed by atoms with Crippen molar-refractivity contribution in [3.63, 3.8) is 0 Å². The molecule has 0 atom stereocenters. The lowest BCUT2D eigenvalue weighted by Crippen LogP contribution is -2.28. The summed E-state index contributed by atoms with van der Waals surface area (Å²) in [5.41, 5.74) is 0. The van der Waals surface area contributed by atoms with Gasteiger partial charge in [0, 0.05) is 0 Å². The standard InChI is InChI=1S/C6H6ClNO4S2/c7-4-1-2-13-6(4)14(11,12)8-3-5(9)10/h1-2,8H,3H2,(H,9,10). The van der Waals surface area contributed by atoms with E-state index in [1.165, 1.54) is 11.4 Å². The van der Waals surface area contributed by atoms with Gasteiger partial charge < -0.3 is 5.11 Å². The number of hydrogen-bond acceptors (Lipinski definition) is 4. The van der Waals surface area contributed by atoms with Crippen LogP contribution >= 0.6 is 22.9 Å². The topological polar surface area (TPSA) is 83.5 Å². The summed E-state index contributed by atoms with van der Waals surface area (Å²) in [7, 11) is -3.79. The summed E-state index contributed by atoms with van der Waals surface area (Å²) >= 11 is 6.52. The Bertz CT molecular complexity index is 438. The van der Waals surface area contributed by atoms with E-state index in [-0.39, 0.29) is 9.23 Å². The number of carboxylic acids is 1. The van der Waals surface area contributed by atoms with E-state index in [0.29, 0.717) is 0 Å². The van der Waals surface area contributed by atoms with Crippen LogP contribution in [0, 0.1) is 0 Å². The molecule has 5 nitrogen and oxygen atoms in total. The van der Waals surface area contributed by atoms with E-state index in [1.54, 1.807) is 0 Å². The van der Waals surface area contributed by atoms with Crippen molar-refractivity contribution in [3.8, 4) is 0 Å². The third kappa shape index (κ3) is 2.68. The molecule has 1 heterocycles. The number of aliphatic carboxylic acids is 1. The predicted molar refractivity (Wildman–Crippen MR) is 52.2 cm³/mol. The Morgan fingerprint density at radius 1 is 1.64 bits per heavy atom. The number of carbonyl (C=O) groups is 1. The largest absolute Gasteiger partial charge is 0.480 e. The fraction of sp³-hybridized carbons (Fsp3) is 0.167. The van der Waals surface area contributed by atoms with Crippen molar-refractivity contribution in [1.29, 1.82) is 0 Å². The van der Waals surface area contributed by atoms with Gasteiger partial charge in [-0.3, -0.25) is 4.79 Å². The van der Waals surface area contributed by atoms with Gasteiger partial charge in [0.15, 0.2) is 4.21 Å². The van der Waals surface area contributed by atoms with Crippen LogP contribution in [0.15, 0.2) is 15.7 Å². The SMILES string of the molecule is O=C(O)CNS(=O)(=O)c1sccc1Cl. The molecule has 1 aromatic rings. The van der Waals surface area contributed by atoms with Crippen LogP contribution in [0.5, 0.6) is 0 Å². The van der Waals surface area contributed by atoms with Gasteiger partial charge in [-0.2, -0.15) is 4.72 Å². The Hall–Kier alpha value is -0.630. The summed E-state index contributed by atoms with van der Waals surface area (Å²) in [4.78, 5) is 10.1. The molecule has 14 heavy (non-hydrogen) atoms. The van der Waals surface area contributed by atoms with Crippen LogP contribution < -0.4 is 4.72 Å². The lowest BCUT2D eigenvalue weighted by Gasteiger charge is -2.01. The van der Waals surface area contributed by atoms with E-state index in [0.717, 1.165) is 11.3 Å². The fourth-order valence-electron chi connectivity index (χ4n) is 0.694. The lowest BCUT2D eigenvalue weighted by molar-refractivity contribution is -0.135. The number of sulfonamides is 1. The van der Waals surface area contributed by atoms with Gasteiger partial charge >= 0.3 is 5.97 Å². The number of halogens is 1. The van der Waals surface area contributed by atoms with Crippen molar-refractivity contribution < 1.29 is 18.3 Å². The molecule has 0 aliphatic heterocycles. The number of hydrogen-bond donors (Lipinski definition) is 2. The number of nitrogens with one attached hydrogen (secondary N) is 1. The zero-order valence-electron chi connectivity index (χ0n) is 6.73. The monoisotopic (exact) mass is 255 g/mol. The van der Waals surface area contributed by atoms with E-state index in [1.807, 2.05) is 4.72 Å². The van der Waals surface area contributed by atoms with Gasteiger partial charge in [-0.1, -0.05) is 11.6 Å². The van der Waals surface area contributed by atoms with Gasteiger partial charge in [0.25, 0.3) is 10.0 Å². The highest BCUT2D eigenvalue weighted by Gasteiger charge is 2.19. The molecule has 0 unspecified atom stereocenters. The summed E-state index contributed by atoms with van der Waals surface area (Å²) in [5, 5.41) is 9.89. The van der Waals surface area contributed by atoms with Crippen LogP contribution in [0.4, 0.5) is 0 Å². The molecule has 0 aliphatic rings. The minimum atomic E-state index is -3.79. The van der Waals surface area contributed by atoms with Crippen LogP contribution in [0.25, 0.3) is 0 Å². The highest BCUT2D eigenvalue weighted by molar-refractivity contribution is 7.91. The summed E-state index contributed by atoms with van der Waals surface area (Å²) in [6.45, 7) is -0.656. The van der Waals surface area contributed by atoms with Crippen LogP contribution in [-0.4, -0.2) is 26.0 Å². The molecule has 2 N–H and O–H groups in total. The molecular formula is C6H6ClNO4S2. The maximum atomic E-state index is 11.4. The molecule has 8 heteroatoms. The minimum absolute atomic E-state index is 0.0691. The molecule has 0 aromatic carbocycles. The Labute approximate surface area is 89.4 Å². The van der Waals surface area contributed by atoms with E-state index >= 15 is 0 Å². The summed E-state index contributed by atoms with van der Waals surface area (Å²) in [6, 6.07) is 1.43. The minimum Gasteiger partial charge on any atom is -0.480 e. The summed E-state index contributed by atoms with van der Waals surface area (Å²) < 4.78 is 24.6. The van der Waals surface area contributed by atoms with Crippen LogP contribution in [0.3, 0.4) is 0 Å². The van der Waals surface area contributed by atoms with E-state index < -0.39 is 22.5 Å². The van der Waals surface area contributed by atoms with Gasteiger partial charge in [0.2, 0.25) is 0 Å². The Morgan fingerprint density at radius 3 is 2.71 bits per heavy atom. The first kappa shape index (κ1) is 11.4. The zero-order valence-corrected chi connectivity index (χ0v) is 9.12. The average Bonchev–Trinajstić information content (AvgIpc) is 2.48. The molecule has 0 fully saturated rings. The molecule has 0 saturated heterocycles. The molecule has 0 saturated carbocycles. The molecule has 0 spiro atoms. The Kier molecular flexibility index (Phi) is 3.48. The Morgan fingerprint density at radius 2 is 2.29 bits per heavy atom. The molecular weight excluding hydrogens is 250 g/mol. The van der Waals surface area contributed by atoms with E-state index in [2.05, 4.69) is 0 Å². The zero-order chi connectivity index (χ0) is 10.8. The molecule has 0 aliphatic carbocycles. The summed E-state index contributed by atoms with van der Waals surface area (Å²) in [6.07, 6.45) is 0. The van der Waals surface area contributed by atoms with Gasteiger partial charge in [0.1, 0.15) is 6.54 Å². The second-order valence-electron chi connectivity index (χ2n) is 2.27. The first-order chi connectivity index (χ1) is 6.43. The quantitative estimate of drug-likeness (QED) is 0.832. The highest BCUT2D eigenvalue weighted by atomic mass is 35.5. The summed E-state index contributed by atoms with van der Waals surface area (Å²) in [5.74, 6) is -1.25. The number of rotatable bonds is 4. The van der Waals surface area contributed by atoms with Gasteiger partial charge in [-0.05, 0) is 11.4 Å². The molecule has 0 amide bonds. The first-order valence-corrected chi connectivity index (χ1v) is 6.12. The smallest absolute Gasteiger partial charge is 0.318 e. The number of thiophene rings is 1. The normalized spacial score (nSPS) is 11.5. The van der Waals surface area contributed by atoms with Crippen LogP contribution in [0.1, 0.15) is 0 Å². The van der Waals surface area contributed by atoms with Gasteiger partial charge in [0.05, 0.1) is 5.02 Å². The molecule has 1 aromatic heterocycles. The van der Waals surface area contributed by atoms with Crippen molar-refractivity contribution in [1.82, 2.24) is 4.72 Å². The first-order valence-electron chi connectivity index (χ1n) is 3.38. The van der Waals surface area contributed by atoms with Crippen molar-refractivity contribution in [3.05, 3.63) is 16.5 Å². The van der Waals surface area contributed by atoms with Crippen molar-refractivity contribution in [2.75, 3.05) is 6.54 Å². The third-order valence-electron chi connectivity index (χ3n) is 1.24. The van der Waals surface area contributed by atoms with Gasteiger partial charge in [-0.15, -0.1) is 11.3 Å². The third-order valence-corrected chi connectivity index (χ3v) is 4.67. The second-order valence-corrected chi connectivity index (χ2v) is 5.56. The van der Waals surface area contributed by atoms with Crippen molar-refractivity contribution in [2.24, 2.45) is 0 Å². The molecule has 0 radical (unpaired) electrons. The maximum Gasteiger partial charge on any atom is 0.318 e. The van der Waals surface area contributed by atoms with E-state index in [4.69, 9.17) is 16.7 Å². The van der Waals surface area contributed by atoms with Crippen molar-refractivity contribution in [2.45, 2.75) is 4.21 Å². The highest BCUT2D eigenvalue weighted by Crippen LogP contribution is 2.26. The Balaban J connectivity index is 2.87. The maximum absolute atomic E-state index is 11.4.